The van der Waals surface area contributed by atoms with Crippen molar-refractivity contribution in [3.8, 4) is 0 Å². The zero-order valence-corrected chi connectivity index (χ0v) is 16.7. The minimum Gasteiger partial charge on any atom is -0.363 e. The number of anilines is 1. The van der Waals surface area contributed by atoms with Crippen LogP contribution in [0.2, 0.25) is 0 Å². The average molecular weight is 374 g/mol. The molecule has 0 saturated carbocycles. The van der Waals surface area contributed by atoms with Crippen molar-refractivity contribution < 1.29 is 0 Å². The quantitative estimate of drug-likeness (QED) is 0.461. The number of hydrogen-bond donors (Lipinski definition) is 1. The van der Waals surface area contributed by atoms with E-state index in [4.69, 9.17) is 9.97 Å². The third-order valence-electron chi connectivity index (χ3n) is 4.93. The van der Waals surface area contributed by atoms with Crippen LogP contribution in [-0.2, 0) is 6.42 Å². The lowest BCUT2D eigenvalue weighted by atomic mass is 10.1. The van der Waals surface area contributed by atoms with E-state index in [9.17, 15) is 0 Å². The van der Waals surface area contributed by atoms with Gasteiger partial charge in [0.05, 0.1) is 5.39 Å². The third-order valence-corrected chi connectivity index (χ3v) is 6.03. The Morgan fingerprint density at radius 3 is 2.30 bits per heavy atom. The van der Waals surface area contributed by atoms with Crippen LogP contribution in [0.1, 0.15) is 40.4 Å². The summed E-state index contributed by atoms with van der Waals surface area (Å²) in [4.78, 5) is 12.1. The molecule has 0 saturated heterocycles. The van der Waals surface area contributed by atoms with Crippen molar-refractivity contribution in [3.05, 3.63) is 88.1 Å². The van der Waals surface area contributed by atoms with Gasteiger partial charge in [-0.2, -0.15) is 0 Å². The molecule has 2 aromatic carbocycles. The van der Waals surface area contributed by atoms with Gasteiger partial charge in [-0.15, -0.1) is 11.3 Å². The molecule has 3 nitrogen and oxygen atoms in total. The van der Waals surface area contributed by atoms with Gasteiger partial charge in [0.2, 0.25) is 0 Å². The molecule has 0 aliphatic rings. The van der Waals surface area contributed by atoms with Gasteiger partial charge in [0.15, 0.2) is 0 Å². The first-order valence-electron chi connectivity index (χ1n) is 9.24. The molecule has 0 fully saturated rings. The lowest BCUT2D eigenvalue weighted by Crippen LogP contribution is -2.10. The predicted molar refractivity (Wildman–Crippen MR) is 115 cm³/mol. The van der Waals surface area contributed by atoms with Crippen LogP contribution in [0.25, 0.3) is 10.2 Å². The van der Waals surface area contributed by atoms with E-state index in [0.29, 0.717) is 0 Å². The number of thiophene rings is 1. The molecule has 2 aromatic heterocycles. The SMILES string of the molecule is Cc1sc2nc(Cc3ccccc3)nc(NC(C)c3ccccc3)c2c1C. The van der Waals surface area contributed by atoms with Crippen LogP contribution in [0.3, 0.4) is 0 Å². The van der Waals surface area contributed by atoms with Crippen LogP contribution >= 0.6 is 11.3 Å². The first-order chi connectivity index (χ1) is 13.1. The van der Waals surface area contributed by atoms with Crippen LogP contribution in [0, 0.1) is 13.8 Å². The molecule has 1 N–H and O–H groups in total. The van der Waals surface area contributed by atoms with E-state index < -0.39 is 0 Å². The van der Waals surface area contributed by atoms with Gasteiger partial charge in [0, 0.05) is 17.3 Å². The maximum absolute atomic E-state index is 4.92. The third kappa shape index (κ3) is 3.71. The van der Waals surface area contributed by atoms with Crippen LogP contribution in [0.15, 0.2) is 60.7 Å². The molecule has 0 aliphatic carbocycles. The molecule has 136 valence electrons. The lowest BCUT2D eigenvalue weighted by molar-refractivity contribution is 0.868. The number of nitrogens with one attached hydrogen (secondary N) is 1. The molecule has 4 rings (SSSR count). The van der Waals surface area contributed by atoms with E-state index >= 15 is 0 Å². The van der Waals surface area contributed by atoms with E-state index in [2.05, 4.69) is 74.6 Å². The van der Waals surface area contributed by atoms with Crippen molar-refractivity contribution in [2.45, 2.75) is 33.2 Å². The standard InChI is InChI=1S/C23H23N3S/c1-15-17(3)27-23-21(15)22(24-16(2)19-12-8-5-9-13-19)25-20(26-23)14-18-10-6-4-7-11-18/h4-13,16H,14H2,1-3H3,(H,24,25,26). The lowest BCUT2D eigenvalue weighted by Gasteiger charge is -2.17. The summed E-state index contributed by atoms with van der Waals surface area (Å²) in [6.07, 6.45) is 0.737. The van der Waals surface area contributed by atoms with E-state index in [1.54, 1.807) is 11.3 Å². The van der Waals surface area contributed by atoms with E-state index in [0.717, 1.165) is 28.3 Å². The van der Waals surface area contributed by atoms with Crippen molar-refractivity contribution in [2.75, 3.05) is 5.32 Å². The molecule has 0 spiro atoms. The number of nitrogens with zero attached hydrogens (tertiary/aromatic N) is 2. The maximum atomic E-state index is 4.92. The van der Waals surface area contributed by atoms with Gasteiger partial charge in [-0.05, 0) is 37.5 Å². The Labute approximate surface area is 164 Å². The molecule has 1 unspecified atom stereocenters. The molecule has 1 atom stereocenters. The predicted octanol–water partition coefficient (Wildman–Crippen LogP) is 6.07. The highest BCUT2D eigenvalue weighted by atomic mass is 32.1. The second-order valence-electron chi connectivity index (χ2n) is 6.89. The highest BCUT2D eigenvalue weighted by Crippen LogP contribution is 2.35. The molecule has 27 heavy (non-hydrogen) atoms. The van der Waals surface area contributed by atoms with Crippen molar-refractivity contribution in [1.82, 2.24) is 9.97 Å². The minimum atomic E-state index is 0.175. The molecule has 0 aliphatic heterocycles. The van der Waals surface area contributed by atoms with Crippen LogP contribution < -0.4 is 5.32 Å². The molecule has 0 amide bonds. The molecule has 4 heteroatoms. The maximum Gasteiger partial charge on any atom is 0.139 e. The van der Waals surface area contributed by atoms with Crippen molar-refractivity contribution in [2.24, 2.45) is 0 Å². The van der Waals surface area contributed by atoms with Gasteiger partial charge >= 0.3 is 0 Å². The van der Waals surface area contributed by atoms with Crippen molar-refractivity contribution in [3.63, 3.8) is 0 Å². The van der Waals surface area contributed by atoms with E-state index in [1.165, 1.54) is 21.6 Å². The normalized spacial score (nSPS) is 12.3. The fraction of sp³-hybridized carbons (Fsp3) is 0.217. The van der Waals surface area contributed by atoms with E-state index in [1.807, 2.05) is 12.1 Å². The van der Waals surface area contributed by atoms with Crippen LogP contribution in [-0.4, -0.2) is 9.97 Å². The second kappa shape index (κ2) is 7.49. The highest BCUT2D eigenvalue weighted by Gasteiger charge is 2.17. The van der Waals surface area contributed by atoms with E-state index in [-0.39, 0.29) is 6.04 Å². The van der Waals surface area contributed by atoms with Crippen LogP contribution in [0.5, 0.6) is 0 Å². The van der Waals surface area contributed by atoms with Gasteiger partial charge < -0.3 is 5.32 Å². The Hall–Kier alpha value is -2.72. The number of rotatable bonds is 5. The summed E-state index contributed by atoms with van der Waals surface area (Å²) in [5.41, 5.74) is 3.74. The summed E-state index contributed by atoms with van der Waals surface area (Å²) in [5, 5.41) is 4.79. The number of aryl methyl sites for hydroxylation is 2. The highest BCUT2D eigenvalue weighted by molar-refractivity contribution is 7.18. The topological polar surface area (TPSA) is 37.8 Å². The van der Waals surface area contributed by atoms with Gasteiger partial charge in [-0.1, -0.05) is 60.7 Å². The van der Waals surface area contributed by atoms with Crippen molar-refractivity contribution >= 4 is 27.4 Å². The van der Waals surface area contributed by atoms with Gasteiger partial charge in [0.1, 0.15) is 16.5 Å². The summed E-state index contributed by atoms with van der Waals surface area (Å²) in [7, 11) is 0. The summed E-state index contributed by atoms with van der Waals surface area (Å²) in [5.74, 6) is 1.79. The molecule has 2 heterocycles. The molecular weight excluding hydrogens is 350 g/mol. The van der Waals surface area contributed by atoms with Gasteiger partial charge in [-0.25, -0.2) is 9.97 Å². The summed E-state index contributed by atoms with van der Waals surface area (Å²) < 4.78 is 0. The van der Waals surface area contributed by atoms with Gasteiger partial charge in [0.25, 0.3) is 0 Å². The fourth-order valence-corrected chi connectivity index (χ4v) is 4.33. The monoisotopic (exact) mass is 373 g/mol. The number of benzene rings is 2. The Morgan fingerprint density at radius 2 is 1.59 bits per heavy atom. The fourth-order valence-electron chi connectivity index (χ4n) is 3.29. The largest absolute Gasteiger partial charge is 0.363 e. The Kier molecular flexibility index (Phi) is 4.90. The first-order valence-corrected chi connectivity index (χ1v) is 10.1. The summed E-state index contributed by atoms with van der Waals surface area (Å²) >= 11 is 1.75. The number of aromatic nitrogens is 2. The second-order valence-corrected chi connectivity index (χ2v) is 8.09. The average Bonchev–Trinajstić information content (AvgIpc) is 2.97. The van der Waals surface area contributed by atoms with Gasteiger partial charge in [-0.3, -0.25) is 0 Å². The Bertz CT molecular complexity index is 1060. The molecule has 0 radical (unpaired) electrons. The minimum absolute atomic E-state index is 0.175. The summed E-state index contributed by atoms with van der Waals surface area (Å²) in [6, 6.07) is 21.1. The Balaban J connectivity index is 1.75. The molecule has 4 aromatic rings. The smallest absolute Gasteiger partial charge is 0.139 e. The molecular formula is C23H23N3S. The number of hydrogen-bond acceptors (Lipinski definition) is 4. The zero-order valence-electron chi connectivity index (χ0n) is 15.9. The Morgan fingerprint density at radius 1 is 0.926 bits per heavy atom. The molecule has 0 bridgehead atoms. The van der Waals surface area contributed by atoms with Crippen molar-refractivity contribution in [1.29, 1.82) is 0 Å². The van der Waals surface area contributed by atoms with Crippen LogP contribution in [0.4, 0.5) is 5.82 Å². The number of fused-ring (bicyclic) bond motifs is 1. The first kappa shape index (κ1) is 17.7. The summed E-state index contributed by atoms with van der Waals surface area (Å²) in [6.45, 7) is 6.49. The zero-order chi connectivity index (χ0) is 18.8.